The van der Waals surface area contributed by atoms with Gasteiger partial charge in [0.15, 0.2) is 0 Å². The van der Waals surface area contributed by atoms with E-state index >= 15 is 0 Å². The van der Waals surface area contributed by atoms with Gasteiger partial charge < -0.3 is 20.2 Å². The molecule has 4 nitrogen and oxygen atoms in total. The number of hydrogen-bond acceptors (Lipinski definition) is 4. The molecule has 8 heteroatoms. The van der Waals surface area contributed by atoms with Crippen LogP contribution in [0.3, 0.4) is 0 Å². The third-order valence-corrected chi connectivity index (χ3v) is 3.49. The molecule has 0 radical (unpaired) electrons. The summed E-state index contributed by atoms with van der Waals surface area (Å²) in [7, 11) is 0. The molecule has 0 saturated heterocycles. The summed E-state index contributed by atoms with van der Waals surface area (Å²) in [6.45, 7) is 3.00. The second kappa shape index (κ2) is 12.0. The molecule has 1 aromatic heterocycles. The molecule has 0 saturated carbocycles. The fourth-order valence-corrected chi connectivity index (χ4v) is 2.28. The van der Waals surface area contributed by atoms with Crippen LogP contribution in [0.25, 0.3) is 11.3 Å². The standard InChI is InChI=1S/C15H18Cl2N2O2.2ClH/c16-11-1-3-14(17)13(9-11)15-4-2-12(21-15)10-19-6-5-18-7-8-20;;/h1-4,9,18-20H,5-8,10H2;2*1H. The summed E-state index contributed by atoms with van der Waals surface area (Å²) in [5, 5.41) is 16.2. The number of hydrogen-bond donors (Lipinski definition) is 3. The lowest BCUT2D eigenvalue weighted by atomic mass is 10.2. The van der Waals surface area contributed by atoms with Crippen LogP contribution in [0.1, 0.15) is 5.76 Å². The smallest absolute Gasteiger partial charge is 0.135 e. The Bertz CT molecular complexity index is 578. The van der Waals surface area contributed by atoms with E-state index in [9.17, 15) is 0 Å². The average molecular weight is 402 g/mol. The highest BCUT2D eigenvalue weighted by Gasteiger charge is 2.09. The van der Waals surface area contributed by atoms with Crippen molar-refractivity contribution in [3.05, 3.63) is 46.1 Å². The van der Waals surface area contributed by atoms with Crippen LogP contribution < -0.4 is 10.6 Å². The molecule has 2 aromatic rings. The molecule has 0 atom stereocenters. The Morgan fingerprint density at radius 2 is 1.70 bits per heavy atom. The molecular formula is C15H20Cl4N2O2. The van der Waals surface area contributed by atoms with E-state index in [4.69, 9.17) is 32.7 Å². The maximum Gasteiger partial charge on any atom is 0.135 e. The van der Waals surface area contributed by atoms with E-state index in [1.165, 1.54) is 0 Å². The predicted molar refractivity (Wildman–Crippen MR) is 100 cm³/mol. The third-order valence-electron chi connectivity index (χ3n) is 2.92. The van der Waals surface area contributed by atoms with Gasteiger partial charge in [0.25, 0.3) is 0 Å². The molecule has 2 rings (SSSR count). The van der Waals surface area contributed by atoms with Crippen molar-refractivity contribution in [2.24, 2.45) is 0 Å². The van der Waals surface area contributed by atoms with Crippen LogP contribution in [0, 0.1) is 0 Å². The lowest BCUT2D eigenvalue weighted by Gasteiger charge is -2.04. The molecule has 0 amide bonds. The van der Waals surface area contributed by atoms with E-state index in [-0.39, 0.29) is 31.4 Å². The fraction of sp³-hybridized carbons (Fsp3) is 0.333. The van der Waals surface area contributed by atoms with Crippen molar-refractivity contribution in [2.45, 2.75) is 6.54 Å². The van der Waals surface area contributed by atoms with Crippen LogP contribution in [-0.4, -0.2) is 31.3 Å². The van der Waals surface area contributed by atoms with Crippen LogP contribution in [0.4, 0.5) is 0 Å². The van der Waals surface area contributed by atoms with Gasteiger partial charge in [-0.2, -0.15) is 0 Å². The van der Waals surface area contributed by atoms with Gasteiger partial charge in [0.05, 0.1) is 18.2 Å². The topological polar surface area (TPSA) is 57.4 Å². The van der Waals surface area contributed by atoms with E-state index in [2.05, 4.69) is 10.6 Å². The lowest BCUT2D eigenvalue weighted by Crippen LogP contribution is -2.28. The van der Waals surface area contributed by atoms with E-state index in [0.717, 1.165) is 24.4 Å². The van der Waals surface area contributed by atoms with Gasteiger partial charge in [-0.15, -0.1) is 24.8 Å². The molecule has 0 aliphatic heterocycles. The van der Waals surface area contributed by atoms with Gasteiger partial charge in [-0.1, -0.05) is 23.2 Å². The monoisotopic (exact) mass is 400 g/mol. The predicted octanol–water partition coefficient (Wildman–Crippen LogP) is 3.77. The minimum absolute atomic E-state index is 0. The molecule has 1 heterocycles. The Balaban J connectivity index is 0.00000242. The summed E-state index contributed by atoms with van der Waals surface area (Å²) >= 11 is 12.1. The highest BCUT2D eigenvalue weighted by Crippen LogP contribution is 2.31. The van der Waals surface area contributed by atoms with Crippen LogP contribution in [0.15, 0.2) is 34.7 Å². The van der Waals surface area contributed by atoms with Crippen molar-refractivity contribution in [1.29, 1.82) is 0 Å². The first kappa shape index (κ1) is 22.5. The summed E-state index contributed by atoms with van der Waals surface area (Å²) in [5.74, 6) is 1.54. The van der Waals surface area contributed by atoms with Gasteiger partial charge in [-0.3, -0.25) is 0 Å². The van der Waals surface area contributed by atoms with Crippen LogP contribution >= 0.6 is 48.0 Å². The molecule has 0 aliphatic carbocycles. The molecule has 0 aliphatic rings. The molecule has 3 N–H and O–H groups in total. The molecule has 0 spiro atoms. The summed E-state index contributed by atoms with van der Waals surface area (Å²) in [6, 6.07) is 9.10. The minimum atomic E-state index is 0. The quantitative estimate of drug-likeness (QED) is 0.589. The Hall–Kier alpha value is -0.460. The van der Waals surface area contributed by atoms with Crippen LogP contribution in [0.5, 0.6) is 0 Å². The number of aliphatic hydroxyl groups excluding tert-OH is 1. The fourth-order valence-electron chi connectivity index (χ4n) is 1.90. The molecule has 130 valence electrons. The number of nitrogens with one attached hydrogen (secondary N) is 2. The Kier molecular flexibility index (Phi) is 11.7. The van der Waals surface area contributed by atoms with E-state index in [1.807, 2.05) is 12.1 Å². The van der Waals surface area contributed by atoms with Gasteiger partial charge >= 0.3 is 0 Å². The summed E-state index contributed by atoms with van der Waals surface area (Å²) in [5.41, 5.74) is 0.792. The zero-order chi connectivity index (χ0) is 15.1. The summed E-state index contributed by atoms with van der Waals surface area (Å²) in [6.07, 6.45) is 0. The second-order valence-electron chi connectivity index (χ2n) is 4.54. The van der Waals surface area contributed by atoms with E-state index in [1.54, 1.807) is 18.2 Å². The van der Waals surface area contributed by atoms with Gasteiger partial charge in [-0.25, -0.2) is 0 Å². The first-order valence-corrected chi connectivity index (χ1v) is 7.52. The number of halogens is 4. The van der Waals surface area contributed by atoms with Crippen molar-refractivity contribution in [3.63, 3.8) is 0 Å². The molecule has 0 unspecified atom stereocenters. The average Bonchev–Trinajstić information content (AvgIpc) is 2.94. The maximum absolute atomic E-state index is 8.64. The van der Waals surface area contributed by atoms with Crippen LogP contribution in [-0.2, 0) is 6.54 Å². The van der Waals surface area contributed by atoms with Gasteiger partial charge in [0.1, 0.15) is 11.5 Å². The van der Waals surface area contributed by atoms with Crippen molar-refractivity contribution in [2.75, 3.05) is 26.2 Å². The number of rotatable bonds is 8. The third kappa shape index (κ3) is 7.31. The molecule has 0 bridgehead atoms. The van der Waals surface area contributed by atoms with Crippen molar-refractivity contribution in [3.8, 4) is 11.3 Å². The van der Waals surface area contributed by atoms with Gasteiger partial charge in [0, 0.05) is 30.2 Å². The molecule has 23 heavy (non-hydrogen) atoms. The molecular weight excluding hydrogens is 382 g/mol. The number of aliphatic hydroxyl groups is 1. The first-order valence-electron chi connectivity index (χ1n) is 6.77. The zero-order valence-corrected chi connectivity index (χ0v) is 15.5. The Labute approximate surface area is 158 Å². The highest BCUT2D eigenvalue weighted by atomic mass is 35.5. The first-order chi connectivity index (χ1) is 10.2. The minimum Gasteiger partial charge on any atom is -0.460 e. The van der Waals surface area contributed by atoms with Crippen molar-refractivity contribution >= 4 is 48.0 Å². The normalized spacial score (nSPS) is 10.0. The van der Waals surface area contributed by atoms with Gasteiger partial charge in [0.2, 0.25) is 0 Å². The number of benzene rings is 1. The number of furan rings is 1. The Morgan fingerprint density at radius 1 is 0.957 bits per heavy atom. The van der Waals surface area contributed by atoms with E-state index in [0.29, 0.717) is 28.9 Å². The highest BCUT2D eigenvalue weighted by molar-refractivity contribution is 6.35. The van der Waals surface area contributed by atoms with Crippen molar-refractivity contribution in [1.82, 2.24) is 10.6 Å². The summed E-state index contributed by atoms with van der Waals surface area (Å²) in [4.78, 5) is 0. The lowest BCUT2D eigenvalue weighted by molar-refractivity contribution is 0.292. The largest absolute Gasteiger partial charge is 0.460 e. The second-order valence-corrected chi connectivity index (χ2v) is 5.38. The maximum atomic E-state index is 8.64. The SMILES string of the molecule is Cl.Cl.OCCNCCNCc1ccc(-c2cc(Cl)ccc2Cl)o1. The van der Waals surface area contributed by atoms with Crippen LogP contribution in [0.2, 0.25) is 10.0 Å². The van der Waals surface area contributed by atoms with Crippen molar-refractivity contribution < 1.29 is 9.52 Å². The zero-order valence-electron chi connectivity index (χ0n) is 12.4. The molecule has 0 fully saturated rings. The molecule has 1 aromatic carbocycles. The summed E-state index contributed by atoms with van der Waals surface area (Å²) < 4.78 is 5.77. The Morgan fingerprint density at radius 3 is 2.43 bits per heavy atom. The van der Waals surface area contributed by atoms with E-state index < -0.39 is 0 Å². The van der Waals surface area contributed by atoms with Gasteiger partial charge in [-0.05, 0) is 30.3 Å².